The molecule has 2 aromatic carbocycles. The van der Waals surface area contributed by atoms with Gasteiger partial charge in [-0.15, -0.1) is 10.2 Å². The van der Waals surface area contributed by atoms with Gasteiger partial charge in [-0.2, -0.15) is 0 Å². The Morgan fingerprint density at radius 3 is 2.32 bits per heavy atom. The molecule has 0 spiro atoms. The molecule has 0 aliphatic carbocycles. The lowest BCUT2D eigenvalue weighted by atomic mass is 10.1. The predicted molar refractivity (Wildman–Crippen MR) is 98.2 cm³/mol. The van der Waals surface area contributed by atoms with Gasteiger partial charge in [-0.25, -0.2) is 4.79 Å². The Bertz CT molecular complexity index is 881. The van der Waals surface area contributed by atoms with E-state index in [1.165, 1.54) is 0 Å². The maximum absolute atomic E-state index is 12.2. The summed E-state index contributed by atoms with van der Waals surface area (Å²) in [6, 6.07) is 18.4. The molecule has 0 N–H and O–H groups in total. The van der Waals surface area contributed by atoms with Crippen LogP contribution < -0.4 is 9.64 Å². The van der Waals surface area contributed by atoms with Crippen molar-refractivity contribution in [2.45, 2.75) is 0 Å². The number of hydrogen-bond donors (Lipinski definition) is 0. The number of ether oxygens (including phenoxy) is 1. The van der Waals surface area contributed by atoms with Crippen molar-refractivity contribution in [3.05, 3.63) is 71.4 Å². The van der Waals surface area contributed by atoms with Crippen molar-refractivity contribution >= 4 is 23.4 Å². The third-order valence-corrected chi connectivity index (χ3v) is 3.85. The quantitative estimate of drug-likeness (QED) is 0.522. The molecule has 0 bridgehead atoms. The number of hydrogen-bond acceptors (Lipinski definition) is 5. The Labute approximate surface area is 150 Å². The van der Waals surface area contributed by atoms with Crippen LogP contribution in [0.2, 0.25) is 5.02 Å². The van der Waals surface area contributed by atoms with Crippen molar-refractivity contribution < 1.29 is 9.53 Å². The van der Waals surface area contributed by atoms with Gasteiger partial charge < -0.3 is 9.64 Å². The van der Waals surface area contributed by atoms with Crippen LogP contribution in [0.25, 0.3) is 11.1 Å². The van der Waals surface area contributed by atoms with Crippen molar-refractivity contribution in [3.8, 4) is 16.9 Å². The molecular weight excluding hydrogens is 338 g/mol. The van der Waals surface area contributed by atoms with E-state index < -0.39 is 5.97 Å². The Morgan fingerprint density at radius 1 is 0.960 bits per heavy atom. The summed E-state index contributed by atoms with van der Waals surface area (Å²) in [5.41, 5.74) is 2.10. The zero-order chi connectivity index (χ0) is 17.8. The summed E-state index contributed by atoms with van der Waals surface area (Å²) < 4.78 is 5.34. The largest absolute Gasteiger partial charge is 0.420 e. The highest BCUT2D eigenvalue weighted by Crippen LogP contribution is 2.30. The van der Waals surface area contributed by atoms with Crippen LogP contribution in [0.5, 0.6) is 5.75 Å². The fraction of sp³-hybridized carbons (Fsp3) is 0.105. The standard InChI is InChI=1S/C19H16ClN3O2/c1-23(2)18-11-9-16(21-22-18)19(24)25-17-10-8-14(12-15(17)20)13-6-4-3-5-7-13/h3-12H,1-2H3. The number of benzene rings is 2. The first-order chi connectivity index (χ1) is 12.0. The summed E-state index contributed by atoms with van der Waals surface area (Å²) >= 11 is 6.26. The third-order valence-electron chi connectivity index (χ3n) is 3.56. The normalized spacial score (nSPS) is 10.4. The summed E-state index contributed by atoms with van der Waals surface area (Å²) in [5.74, 6) is 0.332. The average Bonchev–Trinajstić information content (AvgIpc) is 2.64. The maximum atomic E-state index is 12.2. The topological polar surface area (TPSA) is 55.3 Å². The number of nitrogens with zero attached hydrogens (tertiary/aromatic N) is 3. The Balaban J connectivity index is 1.77. The van der Waals surface area contributed by atoms with Gasteiger partial charge in [0.05, 0.1) is 5.02 Å². The highest BCUT2D eigenvalue weighted by atomic mass is 35.5. The highest BCUT2D eigenvalue weighted by Gasteiger charge is 2.14. The smallest absolute Gasteiger partial charge is 0.364 e. The lowest BCUT2D eigenvalue weighted by molar-refractivity contribution is 0.0727. The van der Waals surface area contributed by atoms with Gasteiger partial charge in [-0.3, -0.25) is 0 Å². The van der Waals surface area contributed by atoms with Crippen LogP contribution >= 0.6 is 11.6 Å². The van der Waals surface area contributed by atoms with E-state index in [1.54, 1.807) is 29.2 Å². The number of rotatable bonds is 4. The van der Waals surface area contributed by atoms with Crippen LogP contribution in [0, 0.1) is 0 Å². The molecule has 0 saturated carbocycles. The molecule has 3 rings (SSSR count). The van der Waals surface area contributed by atoms with Gasteiger partial charge in [-0.1, -0.05) is 48.0 Å². The van der Waals surface area contributed by atoms with Gasteiger partial charge in [0.25, 0.3) is 0 Å². The molecule has 1 heterocycles. The molecule has 0 unspecified atom stereocenters. The predicted octanol–water partition coefficient (Wildman–Crippen LogP) is 4.08. The van der Waals surface area contributed by atoms with E-state index >= 15 is 0 Å². The van der Waals surface area contributed by atoms with E-state index in [1.807, 2.05) is 50.5 Å². The molecule has 0 radical (unpaired) electrons. The number of esters is 1. The van der Waals surface area contributed by atoms with Crippen LogP contribution in [0.3, 0.4) is 0 Å². The van der Waals surface area contributed by atoms with Crippen molar-refractivity contribution in [1.82, 2.24) is 10.2 Å². The van der Waals surface area contributed by atoms with Gasteiger partial charge in [0.1, 0.15) is 5.75 Å². The molecular formula is C19H16ClN3O2. The van der Waals surface area contributed by atoms with E-state index in [0.717, 1.165) is 11.1 Å². The Hall–Kier alpha value is -2.92. The van der Waals surface area contributed by atoms with Crippen LogP contribution in [-0.2, 0) is 0 Å². The van der Waals surface area contributed by atoms with Crippen molar-refractivity contribution in [3.63, 3.8) is 0 Å². The molecule has 5 nitrogen and oxygen atoms in total. The van der Waals surface area contributed by atoms with E-state index in [2.05, 4.69) is 10.2 Å². The minimum atomic E-state index is -0.604. The molecule has 0 fully saturated rings. The van der Waals surface area contributed by atoms with Crippen molar-refractivity contribution in [1.29, 1.82) is 0 Å². The molecule has 25 heavy (non-hydrogen) atoms. The summed E-state index contributed by atoms with van der Waals surface area (Å²) in [6.07, 6.45) is 0. The third kappa shape index (κ3) is 3.95. The second-order valence-electron chi connectivity index (χ2n) is 5.57. The Kier molecular flexibility index (Phi) is 4.95. The van der Waals surface area contributed by atoms with E-state index in [0.29, 0.717) is 10.8 Å². The molecule has 0 aliphatic rings. The molecule has 1 aromatic heterocycles. The summed E-state index contributed by atoms with van der Waals surface area (Å²) in [5, 5.41) is 8.19. The van der Waals surface area contributed by atoms with Gasteiger partial charge >= 0.3 is 5.97 Å². The van der Waals surface area contributed by atoms with Crippen LogP contribution in [0.15, 0.2) is 60.7 Å². The molecule has 0 atom stereocenters. The first-order valence-electron chi connectivity index (χ1n) is 7.63. The fourth-order valence-corrected chi connectivity index (χ4v) is 2.44. The number of aromatic nitrogens is 2. The molecule has 6 heteroatoms. The minimum Gasteiger partial charge on any atom is -0.420 e. The summed E-state index contributed by atoms with van der Waals surface area (Å²) in [7, 11) is 3.69. The van der Waals surface area contributed by atoms with Crippen molar-refractivity contribution in [2.24, 2.45) is 0 Å². The van der Waals surface area contributed by atoms with Crippen LogP contribution in [0.1, 0.15) is 10.5 Å². The molecule has 0 amide bonds. The minimum absolute atomic E-state index is 0.119. The molecule has 0 aliphatic heterocycles. The average molecular weight is 354 g/mol. The van der Waals surface area contributed by atoms with Crippen LogP contribution in [-0.4, -0.2) is 30.3 Å². The van der Waals surface area contributed by atoms with Gasteiger partial charge in [-0.05, 0) is 35.4 Å². The highest BCUT2D eigenvalue weighted by molar-refractivity contribution is 6.32. The molecule has 3 aromatic rings. The van der Waals surface area contributed by atoms with E-state index in [9.17, 15) is 4.79 Å². The molecule has 0 saturated heterocycles. The van der Waals surface area contributed by atoms with E-state index in [4.69, 9.17) is 16.3 Å². The lowest BCUT2D eigenvalue weighted by Crippen LogP contribution is -2.15. The Morgan fingerprint density at radius 2 is 1.72 bits per heavy atom. The number of carbonyl (C=O) groups is 1. The monoisotopic (exact) mass is 353 g/mol. The van der Waals surface area contributed by atoms with Gasteiger partial charge in [0.2, 0.25) is 0 Å². The fourth-order valence-electron chi connectivity index (χ4n) is 2.22. The van der Waals surface area contributed by atoms with Gasteiger partial charge in [0.15, 0.2) is 11.5 Å². The SMILES string of the molecule is CN(C)c1ccc(C(=O)Oc2ccc(-c3ccccc3)cc2Cl)nn1. The second-order valence-corrected chi connectivity index (χ2v) is 5.98. The van der Waals surface area contributed by atoms with E-state index in [-0.39, 0.29) is 11.4 Å². The zero-order valence-electron chi connectivity index (χ0n) is 13.8. The number of anilines is 1. The second kappa shape index (κ2) is 7.32. The first-order valence-corrected chi connectivity index (χ1v) is 8.00. The lowest BCUT2D eigenvalue weighted by Gasteiger charge is -2.10. The zero-order valence-corrected chi connectivity index (χ0v) is 14.6. The number of carbonyl (C=O) groups excluding carboxylic acids is 1. The number of halogens is 1. The summed E-state index contributed by atoms with van der Waals surface area (Å²) in [6.45, 7) is 0. The van der Waals surface area contributed by atoms with Crippen LogP contribution in [0.4, 0.5) is 5.82 Å². The maximum Gasteiger partial charge on any atom is 0.364 e. The van der Waals surface area contributed by atoms with Gasteiger partial charge in [0, 0.05) is 14.1 Å². The summed E-state index contributed by atoms with van der Waals surface area (Å²) in [4.78, 5) is 14.0. The van der Waals surface area contributed by atoms with Crippen molar-refractivity contribution in [2.75, 3.05) is 19.0 Å². The molecule has 126 valence electrons. The first kappa shape index (κ1) is 16.9.